The molecule has 0 aliphatic carbocycles. The number of thiocarbonyl (C=S) groups is 1. The number of hydrazone groups is 1. The van der Waals surface area contributed by atoms with Crippen molar-refractivity contribution in [3.05, 3.63) is 53.6 Å². The molecule has 5 nitrogen and oxygen atoms in total. The van der Waals surface area contributed by atoms with Gasteiger partial charge in [-0.15, -0.1) is 0 Å². The highest BCUT2D eigenvalue weighted by atomic mass is 32.1. The van der Waals surface area contributed by atoms with Gasteiger partial charge < -0.3 is 15.2 Å². The Morgan fingerprint density at radius 1 is 1.27 bits per heavy atom. The van der Waals surface area contributed by atoms with Crippen LogP contribution in [0, 0.1) is 6.92 Å². The normalized spacial score (nSPS) is 10.5. The van der Waals surface area contributed by atoms with Gasteiger partial charge in [0, 0.05) is 11.3 Å². The first-order valence-electron chi connectivity index (χ1n) is 6.63. The predicted octanol–water partition coefficient (Wildman–Crippen LogP) is 3.03. The van der Waals surface area contributed by atoms with Gasteiger partial charge in [-0.1, -0.05) is 18.2 Å². The van der Waals surface area contributed by atoms with E-state index >= 15 is 0 Å². The third-order valence-electron chi connectivity index (χ3n) is 2.90. The maximum absolute atomic E-state index is 9.93. The van der Waals surface area contributed by atoms with Gasteiger partial charge >= 0.3 is 0 Å². The summed E-state index contributed by atoms with van der Waals surface area (Å²) in [6, 6.07) is 13.0. The molecule has 114 valence electrons. The third-order valence-corrected chi connectivity index (χ3v) is 3.09. The Kier molecular flexibility index (Phi) is 5.32. The van der Waals surface area contributed by atoms with Crippen LogP contribution in [-0.2, 0) is 0 Å². The fraction of sp³-hybridized carbons (Fsp3) is 0.125. The molecule has 2 rings (SSSR count). The largest absolute Gasteiger partial charge is 0.504 e. The van der Waals surface area contributed by atoms with E-state index in [2.05, 4.69) is 15.8 Å². The average molecular weight is 315 g/mol. The van der Waals surface area contributed by atoms with Crippen LogP contribution in [0.3, 0.4) is 0 Å². The Bertz CT molecular complexity index is 702. The van der Waals surface area contributed by atoms with Crippen molar-refractivity contribution >= 4 is 29.2 Å². The fourth-order valence-corrected chi connectivity index (χ4v) is 2.02. The predicted molar refractivity (Wildman–Crippen MR) is 92.8 cm³/mol. The standard InChI is InChI=1S/C16H17N3O2S/c1-11-5-3-7-13(9-11)18-16(22)19-17-10-12-6-4-8-14(21-2)15(12)20/h3-10,20H,1-2H3,(H2,18,19,22)/b17-10+. The van der Waals surface area contributed by atoms with Gasteiger partial charge in [0.2, 0.25) is 0 Å². The summed E-state index contributed by atoms with van der Waals surface area (Å²) >= 11 is 5.15. The van der Waals surface area contributed by atoms with Gasteiger partial charge in [0.25, 0.3) is 0 Å². The van der Waals surface area contributed by atoms with Gasteiger partial charge in [0.1, 0.15) is 0 Å². The molecule has 0 fully saturated rings. The molecule has 0 aliphatic heterocycles. The summed E-state index contributed by atoms with van der Waals surface area (Å²) in [5, 5.41) is 17.3. The fourth-order valence-electron chi connectivity index (χ4n) is 1.85. The molecule has 3 N–H and O–H groups in total. The van der Waals surface area contributed by atoms with Gasteiger partial charge in [0.05, 0.1) is 13.3 Å². The number of hydrogen-bond donors (Lipinski definition) is 3. The summed E-state index contributed by atoms with van der Waals surface area (Å²) in [5.41, 5.74) is 5.26. The second-order valence-electron chi connectivity index (χ2n) is 4.59. The molecule has 0 aromatic heterocycles. The second-order valence-corrected chi connectivity index (χ2v) is 5.00. The number of ether oxygens (including phenoxy) is 1. The number of para-hydroxylation sites is 1. The van der Waals surface area contributed by atoms with Crippen LogP contribution in [0.5, 0.6) is 11.5 Å². The van der Waals surface area contributed by atoms with E-state index < -0.39 is 0 Å². The maximum atomic E-state index is 9.93. The van der Waals surface area contributed by atoms with Gasteiger partial charge in [0.15, 0.2) is 16.6 Å². The lowest BCUT2D eigenvalue weighted by molar-refractivity contribution is 0.373. The minimum Gasteiger partial charge on any atom is -0.504 e. The number of hydrogen-bond acceptors (Lipinski definition) is 4. The van der Waals surface area contributed by atoms with Crippen LogP contribution in [0.2, 0.25) is 0 Å². The summed E-state index contributed by atoms with van der Waals surface area (Å²) in [6.07, 6.45) is 1.47. The Balaban J connectivity index is 1.96. The molecule has 0 saturated carbocycles. The van der Waals surface area contributed by atoms with E-state index in [1.54, 1.807) is 18.2 Å². The zero-order valence-electron chi connectivity index (χ0n) is 12.3. The Morgan fingerprint density at radius 3 is 2.77 bits per heavy atom. The SMILES string of the molecule is COc1cccc(/C=N/NC(=S)Nc2cccc(C)c2)c1O. The van der Waals surface area contributed by atoms with E-state index in [0.717, 1.165) is 11.3 Å². The van der Waals surface area contributed by atoms with Crippen LogP contribution in [-0.4, -0.2) is 23.5 Å². The van der Waals surface area contributed by atoms with E-state index in [0.29, 0.717) is 16.4 Å². The van der Waals surface area contributed by atoms with E-state index in [4.69, 9.17) is 17.0 Å². The molecule has 0 radical (unpaired) electrons. The molecule has 0 aliphatic rings. The van der Waals surface area contributed by atoms with Crippen molar-refractivity contribution in [3.8, 4) is 11.5 Å². The monoisotopic (exact) mass is 315 g/mol. The van der Waals surface area contributed by atoms with E-state index in [1.165, 1.54) is 13.3 Å². The van der Waals surface area contributed by atoms with Gasteiger partial charge in [-0.05, 0) is 49.0 Å². The molecular formula is C16H17N3O2S. The van der Waals surface area contributed by atoms with Crippen LogP contribution < -0.4 is 15.5 Å². The topological polar surface area (TPSA) is 65.9 Å². The minimum atomic E-state index is 0.0353. The number of aryl methyl sites for hydroxylation is 1. The molecule has 0 saturated heterocycles. The van der Waals surface area contributed by atoms with Crippen molar-refractivity contribution in [1.29, 1.82) is 0 Å². The van der Waals surface area contributed by atoms with Crippen LogP contribution in [0.15, 0.2) is 47.6 Å². The van der Waals surface area contributed by atoms with E-state index in [-0.39, 0.29) is 5.75 Å². The van der Waals surface area contributed by atoms with Crippen molar-refractivity contribution in [2.75, 3.05) is 12.4 Å². The highest BCUT2D eigenvalue weighted by molar-refractivity contribution is 7.80. The maximum Gasteiger partial charge on any atom is 0.191 e. The number of rotatable bonds is 4. The quantitative estimate of drug-likeness (QED) is 0.460. The number of nitrogens with zero attached hydrogens (tertiary/aromatic N) is 1. The lowest BCUT2D eigenvalue weighted by Gasteiger charge is -2.08. The molecule has 2 aromatic rings. The number of nitrogens with one attached hydrogen (secondary N) is 2. The molecular weight excluding hydrogens is 298 g/mol. The van der Waals surface area contributed by atoms with Crippen molar-refractivity contribution in [2.45, 2.75) is 6.92 Å². The van der Waals surface area contributed by atoms with Crippen molar-refractivity contribution in [1.82, 2.24) is 5.43 Å². The van der Waals surface area contributed by atoms with Crippen molar-refractivity contribution in [2.24, 2.45) is 5.10 Å². The zero-order chi connectivity index (χ0) is 15.9. The van der Waals surface area contributed by atoms with Gasteiger partial charge in [-0.2, -0.15) is 5.10 Å². The molecule has 0 spiro atoms. The summed E-state index contributed by atoms with van der Waals surface area (Å²) in [7, 11) is 1.50. The third kappa shape index (κ3) is 4.20. The first kappa shape index (κ1) is 15.8. The Morgan fingerprint density at radius 2 is 2.05 bits per heavy atom. The number of methoxy groups -OCH3 is 1. The summed E-state index contributed by atoms with van der Waals surface area (Å²) in [4.78, 5) is 0. The van der Waals surface area contributed by atoms with Crippen LogP contribution in [0.25, 0.3) is 0 Å². The molecule has 0 atom stereocenters. The molecule has 0 unspecified atom stereocenters. The van der Waals surface area contributed by atoms with Crippen LogP contribution in [0.1, 0.15) is 11.1 Å². The summed E-state index contributed by atoms with van der Waals surface area (Å²) in [5.74, 6) is 0.428. The Hall–Kier alpha value is -2.60. The number of phenolic OH excluding ortho intramolecular Hbond substituents is 1. The first-order valence-corrected chi connectivity index (χ1v) is 7.03. The first-order chi connectivity index (χ1) is 10.6. The number of anilines is 1. The van der Waals surface area contributed by atoms with Gasteiger partial charge in [-0.25, -0.2) is 0 Å². The Labute approximate surface area is 134 Å². The number of benzene rings is 2. The van der Waals surface area contributed by atoms with Crippen LogP contribution in [0.4, 0.5) is 5.69 Å². The lowest BCUT2D eigenvalue weighted by Crippen LogP contribution is -2.23. The average Bonchev–Trinajstić information content (AvgIpc) is 2.49. The summed E-state index contributed by atoms with van der Waals surface area (Å²) < 4.78 is 5.03. The summed E-state index contributed by atoms with van der Waals surface area (Å²) in [6.45, 7) is 2.01. The molecule has 0 bridgehead atoms. The number of phenols is 1. The molecule has 2 aromatic carbocycles. The van der Waals surface area contributed by atoms with E-state index in [9.17, 15) is 5.11 Å². The lowest BCUT2D eigenvalue weighted by atomic mass is 10.2. The minimum absolute atomic E-state index is 0.0353. The molecule has 6 heteroatoms. The van der Waals surface area contributed by atoms with Crippen LogP contribution >= 0.6 is 12.2 Å². The van der Waals surface area contributed by atoms with Crippen molar-refractivity contribution in [3.63, 3.8) is 0 Å². The smallest absolute Gasteiger partial charge is 0.191 e. The second kappa shape index (κ2) is 7.42. The van der Waals surface area contributed by atoms with Gasteiger partial charge in [-0.3, -0.25) is 5.43 Å². The molecule has 0 heterocycles. The molecule has 0 amide bonds. The van der Waals surface area contributed by atoms with E-state index in [1.807, 2.05) is 31.2 Å². The number of aromatic hydroxyl groups is 1. The highest BCUT2D eigenvalue weighted by Crippen LogP contribution is 2.27. The highest BCUT2D eigenvalue weighted by Gasteiger charge is 2.04. The molecule has 22 heavy (non-hydrogen) atoms. The van der Waals surface area contributed by atoms with Crippen molar-refractivity contribution < 1.29 is 9.84 Å². The zero-order valence-corrected chi connectivity index (χ0v) is 13.1.